The van der Waals surface area contributed by atoms with E-state index < -0.39 is 5.91 Å². The molecule has 19 heavy (non-hydrogen) atoms. The number of nitrogens with zero attached hydrogens (tertiary/aromatic N) is 1. The van der Waals surface area contributed by atoms with E-state index in [1.807, 2.05) is 4.90 Å². The molecular formula is C13H18N4O2. The van der Waals surface area contributed by atoms with E-state index in [-0.39, 0.29) is 12.5 Å². The standard InChI is InChI=1S/C13H18N4O2/c14-9-3-4-11(10(7-9)13(15)19)16-8-12(18)17-5-1-2-6-17/h3-4,7,16H,1-2,5-6,8,14H2,(H2,15,19). The van der Waals surface area contributed by atoms with Gasteiger partial charge in [-0.2, -0.15) is 0 Å². The van der Waals surface area contributed by atoms with Gasteiger partial charge in [0.1, 0.15) is 0 Å². The first kappa shape index (κ1) is 13.2. The molecule has 0 radical (unpaired) electrons. The number of hydrogen-bond acceptors (Lipinski definition) is 4. The number of hydrogen-bond donors (Lipinski definition) is 3. The molecule has 0 bridgehead atoms. The molecule has 1 saturated heterocycles. The molecule has 2 rings (SSSR count). The number of rotatable bonds is 4. The predicted molar refractivity (Wildman–Crippen MR) is 73.7 cm³/mol. The van der Waals surface area contributed by atoms with Gasteiger partial charge in [0.25, 0.3) is 5.91 Å². The molecule has 1 heterocycles. The molecule has 2 amide bonds. The van der Waals surface area contributed by atoms with Crippen molar-refractivity contribution in [3.8, 4) is 0 Å². The maximum absolute atomic E-state index is 11.9. The van der Waals surface area contributed by atoms with Crippen LogP contribution in [0.15, 0.2) is 18.2 Å². The molecular weight excluding hydrogens is 244 g/mol. The molecule has 0 saturated carbocycles. The third kappa shape index (κ3) is 3.15. The SMILES string of the molecule is NC(=O)c1cc(N)ccc1NCC(=O)N1CCCC1. The quantitative estimate of drug-likeness (QED) is 0.684. The second-order valence-corrected chi connectivity index (χ2v) is 4.61. The van der Waals surface area contributed by atoms with Crippen molar-refractivity contribution < 1.29 is 9.59 Å². The highest BCUT2D eigenvalue weighted by atomic mass is 16.2. The summed E-state index contributed by atoms with van der Waals surface area (Å²) in [5.74, 6) is -0.534. The maximum atomic E-state index is 11.9. The Balaban J connectivity index is 2.02. The second kappa shape index (κ2) is 5.60. The van der Waals surface area contributed by atoms with E-state index in [1.54, 1.807) is 12.1 Å². The normalized spacial score (nSPS) is 14.4. The monoisotopic (exact) mass is 262 g/mol. The molecule has 1 aliphatic heterocycles. The molecule has 0 spiro atoms. The van der Waals surface area contributed by atoms with Crippen LogP contribution in [0.1, 0.15) is 23.2 Å². The molecule has 1 fully saturated rings. The topological polar surface area (TPSA) is 101 Å². The van der Waals surface area contributed by atoms with Gasteiger partial charge in [-0.15, -0.1) is 0 Å². The van der Waals surface area contributed by atoms with Gasteiger partial charge < -0.3 is 21.7 Å². The van der Waals surface area contributed by atoms with Gasteiger partial charge in [0.15, 0.2) is 0 Å². The third-order valence-corrected chi connectivity index (χ3v) is 3.20. The average Bonchev–Trinajstić information content (AvgIpc) is 2.90. The van der Waals surface area contributed by atoms with Crippen LogP contribution in [0.4, 0.5) is 11.4 Å². The number of primary amides is 1. The van der Waals surface area contributed by atoms with Crippen molar-refractivity contribution >= 4 is 23.2 Å². The molecule has 1 aromatic carbocycles. The molecule has 102 valence electrons. The molecule has 6 heteroatoms. The van der Waals surface area contributed by atoms with Crippen LogP contribution in [-0.2, 0) is 4.79 Å². The van der Waals surface area contributed by atoms with Crippen molar-refractivity contribution in [2.75, 3.05) is 30.7 Å². The Hall–Kier alpha value is -2.24. The van der Waals surface area contributed by atoms with E-state index in [0.29, 0.717) is 16.9 Å². The van der Waals surface area contributed by atoms with Gasteiger partial charge in [-0.25, -0.2) is 0 Å². The summed E-state index contributed by atoms with van der Waals surface area (Å²) in [6.45, 7) is 1.78. The first-order valence-electron chi connectivity index (χ1n) is 6.29. The number of amides is 2. The number of nitrogens with one attached hydrogen (secondary N) is 1. The number of nitrogens with two attached hydrogens (primary N) is 2. The number of nitrogen functional groups attached to an aromatic ring is 1. The smallest absolute Gasteiger partial charge is 0.250 e. The van der Waals surface area contributed by atoms with Crippen LogP contribution in [0.25, 0.3) is 0 Å². The van der Waals surface area contributed by atoms with Crippen molar-refractivity contribution in [3.63, 3.8) is 0 Å². The van der Waals surface area contributed by atoms with Crippen LogP contribution in [0, 0.1) is 0 Å². The molecule has 6 nitrogen and oxygen atoms in total. The van der Waals surface area contributed by atoms with E-state index >= 15 is 0 Å². The summed E-state index contributed by atoms with van der Waals surface area (Å²) in [6, 6.07) is 4.83. The molecule has 0 atom stereocenters. The number of carbonyl (C=O) groups excluding carboxylic acids is 2. The summed E-state index contributed by atoms with van der Waals surface area (Å²) in [5, 5.41) is 2.95. The summed E-state index contributed by atoms with van der Waals surface area (Å²) >= 11 is 0. The minimum absolute atomic E-state index is 0.0322. The fourth-order valence-corrected chi connectivity index (χ4v) is 2.17. The largest absolute Gasteiger partial charge is 0.399 e. The van der Waals surface area contributed by atoms with Crippen molar-refractivity contribution in [2.24, 2.45) is 5.73 Å². The number of likely N-dealkylation sites (tertiary alicyclic amines) is 1. The molecule has 0 aliphatic carbocycles. The minimum Gasteiger partial charge on any atom is -0.399 e. The van der Waals surface area contributed by atoms with Gasteiger partial charge in [0.05, 0.1) is 12.1 Å². The highest BCUT2D eigenvalue weighted by Gasteiger charge is 2.18. The van der Waals surface area contributed by atoms with E-state index in [9.17, 15) is 9.59 Å². The molecule has 0 unspecified atom stereocenters. The third-order valence-electron chi connectivity index (χ3n) is 3.20. The van der Waals surface area contributed by atoms with E-state index in [4.69, 9.17) is 11.5 Å². The van der Waals surface area contributed by atoms with Gasteiger partial charge in [-0.05, 0) is 31.0 Å². The van der Waals surface area contributed by atoms with Crippen LogP contribution in [0.3, 0.4) is 0 Å². The molecule has 1 aliphatic rings. The summed E-state index contributed by atoms with van der Waals surface area (Å²) < 4.78 is 0. The van der Waals surface area contributed by atoms with Crippen LogP contribution in [0.2, 0.25) is 0 Å². The van der Waals surface area contributed by atoms with Gasteiger partial charge in [-0.3, -0.25) is 9.59 Å². The summed E-state index contributed by atoms with van der Waals surface area (Å²) in [4.78, 5) is 25.0. The molecule has 0 aromatic heterocycles. The fraction of sp³-hybridized carbons (Fsp3) is 0.385. The van der Waals surface area contributed by atoms with E-state index in [2.05, 4.69) is 5.32 Å². The number of anilines is 2. The fourth-order valence-electron chi connectivity index (χ4n) is 2.17. The van der Waals surface area contributed by atoms with Gasteiger partial charge in [0.2, 0.25) is 5.91 Å². The average molecular weight is 262 g/mol. The lowest BCUT2D eigenvalue weighted by Crippen LogP contribution is -2.33. The zero-order valence-corrected chi connectivity index (χ0v) is 10.7. The van der Waals surface area contributed by atoms with Crippen LogP contribution in [0.5, 0.6) is 0 Å². The Kier molecular flexibility index (Phi) is 3.89. The Morgan fingerprint density at radius 3 is 2.58 bits per heavy atom. The number of benzene rings is 1. The second-order valence-electron chi connectivity index (χ2n) is 4.61. The van der Waals surface area contributed by atoms with Crippen molar-refractivity contribution in [3.05, 3.63) is 23.8 Å². The highest BCUT2D eigenvalue weighted by molar-refractivity contribution is 6.00. The summed E-state index contributed by atoms with van der Waals surface area (Å²) in [7, 11) is 0. The Morgan fingerprint density at radius 2 is 1.95 bits per heavy atom. The lowest BCUT2D eigenvalue weighted by molar-refractivity contribution is -0.128. The van der Waals surface area contributed by atoms with Crippen molar-refractivity contribution in [1.82, 2.24) is 4.90 Å². The van der Waals surface area contributed by atoms with E-state index in [1.165, 1.54) is 6.07 Å². The summed E-state index contributed by atoms with van der Waals surface area (Å²) in [6.07, 6.45) is 2.11. The predicted octanol–water partition coefficient (Wildman–Crippen LogP) is 0.402. The minimum atomic E-state index is -0.566. The maximum Gasteiger partial charge on any atom is 0.250 e. The molecule has 1 aromatic rings. The molecule has 5 N–H and O–H groups in total. The Labute approximate surface area is 111 Å². The first-order chi connectivity index (χ1) is 9.08. The zero-order chi connectivity index (χ0) is 13.8. The van der Waals surface area contributed by atoms with Gasteiger partial charge >= 0.3 is 0 Å². The van der Waals surface area contributed by atoms with Crippen LogP contribution in [-0.4, -0.2) is 36.3 Å². The highest BCUT2D eigenvalue weighted by Crippen LogP contribution is 2.18. The number of carbonyl (C=O) groups is 2. The Bertz CT molecular complexity index is 495. The van der Waals surface area contributed by atoms with Crippen molar-refractivity contribution in [1.29, 1.82) is 0 Å². The van der Waals surface area contributed by atoms with Crippen LogP contribution < -0.4 is 16.8 Å². The zero-order valence-electron chi connectivity index (χ0n) is 10.7. The lowest BCUT2D eigenvalue weighted by Gasteiger charge is -2.17. The van der Waals surface area contributed by atoms with Gasteiger partial charge in [0, 0.05) is 24.5 Å². The first-order valence-corrected chi connectivity index (χ1v) is 6.29. The van der Waals surface area contributed by atoms with Gasteiger partial charge in [-0.1, -0.05) is 0 Å². The van der Waals surface area contributed by atoms with Crippen molar-refractivity contribution in [2.45, 2.75) is 12.8 Å². The van der Waals surface area contributed by atoms with Crippen LogP contribution >= 0.6 is 0 Å². The summed E-state index contributed by atoms with van der Waals surface area (Å²) in [5.41, 5.74) is 12.2. The lowest BCUT2D eigenvalue weighted by atomic mass is 10.1. The van der Waals surface area contributed by atoms with E-state index in [0.717, 1.165) is 25.9 Å². The Morgan fingerprint density at radius 1 is 1.26 bits per heavy atom.